The van der Waals surface area contributed by atoms with E-state index >= 15 is 0 Å². The Hall–Kier alpha value is -1.35. The molecule has 0 saturated carbocycles. The Labute approximate surface area is 183 Å². The first-order chi connectivity index (χ1) is 13.7. The van der Waals surface area contributed by atoms with Gasteiger partial charge in [-0.05, 0) is 13.8 Å². The smallest absolute Gasteiger partial charge is 0.409 e. The van der Waals surface area contributed by atoms with Crippen molar-refractivity contribution in [2.45, 2.75) is 23.5 Å². The van der Waals surface area contributed by atoms with Gasteiger partial charge in [-0.25, -0.2) is 9.48 Å². The molecule has 1 atom stereocenters. The number of alkyl carbamates (subject to hydrolysis) is 1. The van der Waals surface area contributed by atoms with Crippen molar-refractivity contribution in [3.05, 3.63) is 36.5 Å². The van der Waals surface area contributed by atoms with Crippen molar-refractivity contribution in [2.75, 3.05) is 19.8 Å². The van der Waals surface area contributed by atoms with E-state index in [-0.39, 0.29) is 13.2 Å². The Kier molecular flexibility index (Phi) is 8.75. The summed E-state index contributed by atoms with van der Waals surface area (Å²) >= 11 is 16.8. The third-order valence-electron chi connectivity index (χ3n) is 3.41. The van der Waals surface area contributed by atoms with Gasteiger partial charge < -0.3 is 13.8 Å². The number of nitrogens with one attached hydrogen (secondary N) is 1. The second-order valence-corrected chi connectivity index (χ2v) is 10.1. The molecule has 9 nitrogen and oxygen atoms in total. The monoisotopic (exact) mass is 484 g/mol. The lowest BCUT2D eigenvalue weighted by molar-refractivity contribution is 0.136. The third-order valence-corrected chi connectivity index (χ3v) is 5.92. The summed E-state index contributed by atoms with van der Waals surface area (Å²) in [5, 5.41) is 10.3. The summed E-state index contributed by atoms with van der Waals surface area (Å²) in [4.78, 5) is 12.3. The van der Waals surface area contributed by atoms with Crippen molar-refractivity contribution in [2.24, 2.45) is 0 Å². The fourth-order valence-electron chi connectivity index (χ4n) is 2.35. The molecule has 1 aromatic heterocycles. The van der Waals surface area contributed by atoms with Crippen molar-refractivity contribution in [3.63, 3.8) is 0 Å². The number of aromatic nitrogens is 3. The summed E-state index contributed by atoms with van der Waals surface area (Å²) in [6.45, 7) is 2.89. The predicted octanol–water partition coefficient (Wildman–Crippen LogP) is 4.76. The molecule has 1 unspecified atom stereocenters. The number of carbonyl (C=O) groups is 1. The first kappa shape index (κ1) is 23.9. The highest BCUT2D eigenvalue weighted by Crippen LogP contribution is 2.58. The highest BCUT2D eigenvalue weighted by Gasteiger charge is 2.41. The number of halogens is 3. The first-order valence-corrected chi connectivity index (χ1v) is 11.3. The molecular weight excluding hydrogens is 466 g/mol. The van der Waals surface area contributed by atoms with Gasteiger partial charge in [-0.15, -0.1) is 5.10 Å². The number of ether oxygens (including phenoxy) is 1. The number of rotatable bonds is 9. The number of alkyl halides is 3. The van der Waals surface area contributed by atoms with Gasteiger partial charge in [0.05, 0.1) is 25.1 Å². The van der Waals surface area contributed by atoms with E-state index in [1.54, 1.807) is 26.0 Å². The molecule has 0 bridgehead atoms. The first-order valence-electron chi connectivity index (χ1n) is 8.54. The summed E-state index contributed by atoms with van der Waals surface area (Å²) in [7, 11) is -3.93. The maximum absolute atomic E-state index is 13.5. The van der Waals surface area contributed by atoms with Gasteiger partial charge in [0.1, 0.15) is 6.61 Å². The fourth-order valence-corrected chi connectivity index (χ4v) is 4.29. The molecule has 0 aliphatic rings. The number of carbonyl (C=O) groups excluding carboxylic acids is 1. The van der Waals surface area contributed by atoms with Crippen molar-refractivity contribution in [1.29, 1.82) is 0 Å². The zero-order valence-corrected chi connectivity index (χ0v) is 18.8. The largest absolute Gasteiger partial charge is 0.445 e. The molecule has 1 aromatic carbocycles. The molecule has 0 saturated heterocycles. The molecule has 0 radical (unpaired) electrons. The van der Waals surface area contributed by atoms with Crippen LogP contribution in [0.15, 0.2) is 36.5 Å². The standard InChI is InChI=1S/C16H20Cl3N4O5P/c1-3-27-29(25,28-4-2)14(21-15(24)26-11-16(17,18)19)23-13(10-20-22-23)12-8-6-5-7-9-12/h5-10,14H,3-4,11H2,1-2H3,(H,21,24). The zero-order chi connectivity index (χ0) is 21.5. The van der Waals surface area contributed by atoms with Gasteiger partial charge in [0.15, 0.2) is 0 Å². The maximum atomic E-state index is 13.5. The van der Waals surface area contributed by atoms with E-state index in [9.17, 15) is 9.36 Å². The normalized spacial score (nSPS) is 13.1. The number of benzene rings is 1. The lowest BCUT2D eigenvalue weighted by Gasteiger charge is -2.27. The summed E-state index contributed by atoms with van der Waals surface area (Å²) in [5.74, 6) is -1.37. The molecule has 29 heavy (non-hydrogen) atoms. The van der Waals surface area contributed by atoms with Crippen molar-refractivity contribution < 1.29 is 23.1 Å². The van der Waals surface area contributed by atoms with Crippen LogP contribution in [0.5, 0.6) is 0 Å². The van der Waals surface area contributed by atoms with E-state index in [2.05, 4.69) is 15.6 Å². The van der Waals surface area contributed by atoms with Crippen LogP contribution in [-0.4, -0.2) is 44.7 Å². The summed E-state index contributed by atoms with van der Waals surface area (Å²) in [6, 6.07) is 9.08. The molecule has 1 heterocycles. The van der Waals surface area contributed by atoms with Crippen LogP contribution in [0.2, 0.25) is 0 Å². The van der Waals surface area contributed by atoms with Crippen molar-refractivity contribution >= 4 is 48.5 Å². The molecule has 1 amide bonds. The van der Waals surface area contributed by atoms with Gasteiger partial charge in [-0.3, -0.25) is 9.88 Å². The van der Waals surface area contributed by atoms with Crippen LogP contribution in [0.3, 0.4) is 0 Å². The van der Waals surface area contributed by atoms with Crippen LogP contribution < -0.4 is 5.32 Å². The van der Waals surface area contributed by atoms with E-state index in [0.29, 0.717) is 5.69 Å². The molecule has 0 fully saturated rings. The van der Waals surface area contributed by atoms with E-state index in [1.807, 2.05) is 18.2 Å². The number of nitrogens with zero attached hydrogens (tertiary/aromatic N) is 3. The van der Waals surface area contributed by atoms with Gasteiger partial charge in [0.25, 0.3) is 0 Å². The van der Waals surface area contributed by atoms with Crippen LogP contribution >= 0.6 is 42.4 Å². The second-order valence-electron chi connectivity index (χ2n) is 5.51. The number of hydrogen-bond acceptors (Lipinski definition) is 7. The quantitative estimate of drug-likeness (QED) is 0.403. The van der Waals surface area contributed by atoms with E-state index in [4.69, 9.17) is 48.6 Å². The predicted molar refractivity (Wildman–Crippen MR) is 110 cm³/mol. The van der Waals surface area contributed by atoms with Crippen LogP contribution in [0.4, 0.5) is 4.79 Å². The average molecular weight is 486 g/mol. The molecule has 1 N–H and O–H groups in total. The second kappa shape index (κ2) is 10.6. The summed E-state index contributed by atoms with van der Waals surface area (Å²) < 4.78 is 28.5. The van der Waals surface area contributed by atoms with Crippen LogP contribution in [0, 0.1) is 0 Å². The third kappa shape index (κ3) is 6.84. The molecule has 2 rings (SSSR count). The van der Waals surface area contributed by atoms with Gasteiger partial charge >= 0.3 is 13.7 Å². The van der Waals surface area contributed by atoms with Crippen molar-refractivity contribution in [3.8, 4) is 11.3 Å². The molecular formula is C16H20Cl3N4O5P. The molecule has 13 heteroatoms. The summed E-state index contributed by atoms with van der Waals surface area (Å²) in [6.07, 6.45) is 0.453. The number of hydrogen-bond donors (Lipinski definition) is 1. The molecule has 160 valence electrons. The average Bonchev–Trinajstić information content (AvgIpc) is 3.14. The SMILES string of the molecule is CCOP(=O)(OCC)C(NC(=O)OCC(Cl)(Cl)Cl)n1nncc1-c1ccccc1. The Morgan fingerprint density at radius 1 is 1.21 bits per heavy atom. The highest BCUT2D eigenvalue weighted by molar-refractivity contribution is 7.53. The topological polar surface area (TPSA) is 105 Å². The minimum Gasteiger partial charge on any atom is -0.445 e. The maximum Gasteiger partial charge on any atom is 0.409 e. The molecule has 2 aromatic rings. The lowest BCUT2D eigenvalue weighted by atomic mass is 10.2. The fraction of sp³-hybridized carbons (Fsp3) is 0.438. The van der Waals surface area contributed by atoms with Crippen LogP contribution in [0.25, 0.3) is 11.3 Å². The number of amides is 1. The van der Waals surface area contributed by atoms with Gasteiger partial charge in [0.2, 0.25) is 9.70 Å². The Morgan fingerprint density at radius 3 is 2.38 bits per heavy atom. The molecule has 0 aliphatic heterocycles. The highest BCUT2D eigenvalue weighted by atomic mass is 35.6. The van der Waals surface area contributed by atoms with Crippen LogP contribution in [-0.2, 0) is 18.3 Å². The molecule has 0 aliphatic carbocycles. The Bertz CT molecular complexity index is 837. The van der Waals surface area contributed by atoms with Gasteiger partial charge in [-0.1, -0.05) is 70.3 Å². The van der Waals surface area contributed by atoms with Gasteiger partial charge in [-0.2, -0.15) is 0 Å². The van der Waals surface area contributed by atoms with E-state index < -0.39 is 30.0 Å². The summed E-state index contributed by atoms with van der Waals surface area (Å²) in [5.41, 5.74) is 1.19. The molecule has 0 spiro atoms. The Morgan fingerprint density at radius 2 is 1.83 bits per heavy atom. The lowest BCUT2D eigenvalue weighted by Crippen LogP contribution is -2.36. The zero-order valence-electron chi connectivity index (χ0n) is 15.6. The van der Waals surface area contributed by atoms with E-state index in [0.717, 1.165) is 5.56 Å². The Balaban J connectivity index is 2.42. The van der Waals surface area contributed by atoms with Crippen molar-refractivity contribution in [1.82, 2.24) is 20.3 Å². The van der Waals surface area contributed by atoms with E-state index in [1.165, 1.54) is 10.9 Å². The van der Waals surface area contributed by atoms with Crippen LogP contribution in [0.1, 0.15) is 19.8 Å². The minimum atomic E-state index is -3.93. The minimum absolute atomic E-state index is 0.0635. The van der Waals surface area contributed by atoms with Gasteiger partial charge in [0, 0.05) is 5.56 Å².